The summed E-state index contributed by atoms with van der Waals surface area (Å²) >= 11 is 2.86. The molecule has 5 rings (SSSR count). The van der Waals surface area contributed by atoms with Gasteiger partial charge in [0.05, 0.1) is 21.5 Å². The second-order valence-electron chi connectivity index (χ2n) is 7.42. The maximum atomic E-state index is 11.3. The molecule has 0 radical (unpaired) electrons. The summed E-state index contributed by atoms with van der Waals surface area (Å²) in [6.07, 6.45) is 0. The SMILES string of the molecule is Cc1[nH]c(-c2nnc(Sc3nc4ccc(C(=O)O)cc4s3)n2-c2ccccc2)c(C)c1C. The fraction of sp³-hybridized carbons (Fsp3) is 0.130. The molecule has 0 bridgehead atoms. The van der Waals surface area contributed by atoms with Crippen LogP contribution in [0.4, 0.5) is 0 Å². The molecular formula is C23H19N5O2S2. The van der Waals surface area contributed by atoms with E-state index in [1.165, 1.54) is 28.7 Å². The van der Waals surface area contributed by atoms with Gasteiger partial charge in [-0.1, -0.05) is 18.2 Å². The van der Waals surface area contributed by atoms with Crippen molar-refractivity contribution in [1.82, 2.24) is 24.7 Å². The number of carboxylic acid groups (broad SMARTS) is 1. The van der Waals surface area contributed by atoms with Crippen LogP contribution in [-0.2, 0) is 0 Å². The number of hydrogen-bond acceptors (Lipinski definition) is 6. The molecule has 7 nitrogen and oxygen atoms in total. The Bertz CT molecular complexity index is 1470. The van der Waals surface area contributed by atoms with E-state index in [9.17, 15) is 9.90 Å². The first-order valence-corrected chi connectivity index (χ1v) is 11.5. The molecule has 0 saturated heterocycles. The third-order valence-electron chi connectivity index (χ3n) is 5.48. The van der Waals surface area contributed by atoms with E-state index in [2.05, 4.69) is 40.9 Å². The molecule has 0 aliphatic rings. The number of carboxylic acids is 1. The summed E-state index contributed by atoms with van der Waals surface area (Å²) in [5.74, 6) is -0.212. The zero-order valence-corrected chi connectivity index (χ0v) is 19.2. The molecular weight excluding hydrogens is 442 g/mol. The first-order valence-electron chi connectivity index (χ1n) is 9.91. The Morgan fingerprint density at radius 3 is 2.53 bits per heavy atom. The number of nitrogens with zero attached hydrogens (tertiary/aromatic N) is 4. The van der Waals surface area contributed by atoms with E-state index in [0.717, 1.165) is 43.0 Å². The third kappa shape index (κ3) is 3.49. The Morgan fingerprint density at radius 1 is 1.06 bits per heavy atom. The van der Waals surface area contributed by atoms with Crippen LogP contribution in [-0.4, -0.2) is 35.8 Å². The van der Waals surface area contributed by atoms with E-state index in [1.807, 2.05) is 34.9 Å². The van der Waals surface area contributed by atoms with Crippen LogP contribution in [0.1, 0.15) is 27.2 Å². The number of carbonyl (C=O) groups is 1. The molecule has 5 aromatic rings. The first-order chi connectivity index (χ1) is 15.4. The fourth-order valence-corrected chi connectivity index (χ4v) is 5.59. The predicted molar refractivity (Wildman–Crippen MR) is 126 cm³/mol. The maximum Gasteiger partial charge on any atom is 0.335 e. The van der Waals surface area contributed by atoms with Crippen LogP contribution in [0.25, 0.3) is 27.4 Å². The van der Waals surface area contributed by atoms with Gasteiger partial charge in [-0.2, -0.15) is 0 Å². The van der Waals surface area contributed by atoms with Gasteiger partial charge < -0.3 is 10.1 Å². The van der Waals surface area contributed by atoms with Gasteiger partial charge >= 0.3 is 5.97 Å². The molecule has 0 fully saturated rings. The fourth-order valence-electron chi connectivity index (χ4n) is 3.53. The predicted octanol–water partition coefficient (Wildman–Crippen LogP) is 5.65. The summed E-state index contributed by atoms with van der Waals surface area (Å²) in [5, 5.41) is 19.0. The van der Waals surface area contributed by atoms with Crippen LogP contribution < -0.4 is 0 Å². The van der Waals surface area contributed by atoms with E-state index in [4.69, 9.17) is 0 Å². The molecule has 3 heterocycles. The minimum atomic E-state index is -0.949. The molecule has 0 atom stereocenters. The van der Waals surface area contributed by atoms with Crippen molar-refractivity contribution in [3.8, 4) is 17.2 Å². The van der Waals surface area contributed by atoms with Crippen LogP contribution in [0, 0.1) is 20.8 Å². The second-order valence-corrected chi connectivity index (χ2v) is 9.67. The number of aromatic carboxylic acids is 1. The maximum absolute atomic E-state index is 11.3. The number of thiazole rings is 1. The molecule has 160 valence electrons. The van der Waals surface area contributed by atoms with Crippen molar-refractivity contribution in [1.29, 1.82) is 0 Å². The molecule has 2 aromatic carbocycles. The van der Waals surface area contributed by atoms with Gasteiger partial charge in [-0.15, -0.1) is 21.5 Å². The van der Waals surface area contributed by atoms with Gasteiger partial charge in [-0.05, 0) is 74.0 Å². The van der Waals surface area contributed by atoms with Gasteiger partial charge in [0.25, 0.3) is 0 Å². The summed E-state index contributed by atoms with van der Waals surface area (Å²) < 4.78 is 3.62. The van der Waals surface area contributed by atoms with E-state index in [0.29, 0.717) is 5.16 Å². The Kier molecular flexibility index (Phi) is 5.07. The van der Waals surface area contributed by atoms with E-state index < -0.39 is 5.97 Å². The summed E-state index contributed by atoms with van der Waals surface area (Å²) in [6.45, 7) is 6.23. The Balaban J connectivity index is 1.62. The number of hydrogen-bond donors (Lipinski definition) is 2. The number of para-hydroxylation sites is 1. The minimum Gasteiger partial charge on any atom is -0.478 e. The zero-order valence-electron chi connectivity index (χ0n) is 17.6. The first kappa shape index (κ1) is 20.5. The average Bonchev–Trinajstić information content (AvgIpc) is 3.46. The molecule has 32 heavy (non-hydrogen) atoms. The largest absolute Gasteiger partial charge is 0.478 e. The van der Waals surface area contributed by atoms with Crippen LogP contribution in [0.2, 0.25) is 0 Å². The molecule has 3 aromatic heterocycles. The molecule has 0 aliphatic heterocycles. The van der Waals surface area contributed by atoms with Crippen LogP contribution in [0.15, 0.2) is 58.0 Å². The number of benzene rings is 2. The number of H-pyrrole nitrogens is 1. The van der Waals surface area contributed by atoms with Gasteiger partial charge in [0, 0.05) is 11.4 Å². The lowest BCUT2D eigenvalue weighted by Crippen LogP contribution is -2.00. The summed E-state index contributed by atoms with van der Waals surface area (Å²) in [6, 6.07) is 14.9. The quantitative estimate of drug-likeness (QED) is 0.351. The summed E-state index contributed by atoms with van der Waals surface area (Å²) in [5.41, 5.74) is 6.37. The molecule has 0 aliphatic carbocycles. The Labute approximate surface area is 192 Å². The van der Waals surface area contributed by atoms with Crippen molar-refractivity contribution in [2.24, 2.45) is 0 Å². The zero-order chi connectivity index (χ0) is 22.4. The highest BCUT2D eigenvalue weighted by molar-refractivity contribution is 8.01. The summed E-state index contributed by atoms with van der Waals surface area (Å²) in [7, 11) is 0. The third-order valence-corrected chi connectivity index (χ3v) is 7.50. The highest BCUT2D eigenvalue weighted by atomic mass is 32.2. The van der Waals surface area contributed by atoms with Gasteiger partial charge in [-0.25, -0.2) is 9.78 Å². The standard InChI is InChI=1S/C23H19N5O2S2/c1-12-13(2)19(24-14(12)3)20-26-27-22(28(20)16-7-5-4-6-8-16)32-23-25-17-10-9-15(21(29)30)11-18(17)31-23/h4-11,24H,1-3H3,(H,29,30). The van der Waals surface area contributed by atoms with Gasteiger partial charge in [0.1, 0.15) is 0 Å². The van der Waals surface area contributed by atoms with Crippen molar-refractivity contribution in [3.05, 3.63) is 70.9 Å². The lowest BCUT2D eigenvalue weighted by atomic mass is 10.1. The molecule has 0 amide bonds. The number of rotatable bonds is 5. The number of nitrogens with one attached hydrogen (secondary N) is 1. The van der Waals surface area contributed by atoms with Crippen molar-refractivity contribution in [2.75, 3.05) is 0 Å². The summed E-state index contributed by atoms with van der Waals surface area (Å²) in [4.78, 5) is 19.4. The highest BCUT2D eigenvalue weighted by Gasteiger charge is 2.22. The minimum absolute atomic E-state index is 0.250. The Morgan fingerprint density at radius 2 is 1.84 bits per heavy atom. The topological polar surface area (TPSA) is 96.7 Å². The number of aromatic amines is 1. The molecule has 0 spiro atoms. The van der Waals surface area contributed by atoms with Crippen LogP contribution in [0.3, 0.4) is 0 Å². The van der Waals surface area contributed by atoms with Crippen molar-refractivity contribution in [3.63, 3.8) is 0 Å². The van der Waals surface area contributed by atoms with Crippen molar-refractivity contribution >= 4 is 39.3 Å². The average molecular weight is 462 g/mol. The number of aromatic nitrogens is 5. The lowest BCUT2D eigenvalue weighted by molar-refractivity contribution is 0.0697. The van der Waals surface area contributed by atoms with Gasteiger partial charge in [0.2, 0.25) is 5.16 Å². The monoisotopic (exact) mass is 461 g/mol. The lowest BCUT2D eigenvalue weighted by Gasteiger charge is -2.09. The second kappa shape index (κ2) is 7.92. The smallest absolute Gasteiger partial charge is 0.335 e. The van der Waals surface area contributed by atoms with Gasteiger partial charge in [-0.3, -0.25) is 4.57 Å². The molecule has 9 heteroatoms. The van der Waals surface area contributed by atoms with E-state index in [-0.39, 0.29) is 5.56 Å². The number of fused-ring (bicyclic) bond motifs is 1. The normalized spacial score (nSPS) is 11.3. The van der Waals surface area contributed by atoms with Crippen LogP contribution in [0.5, 0.6) is 0 Å². The number of aryl methyl sites for hydroxylation is 1. The molecule has 0 unspecified atom stereocenters. The van der Waals surface area contributed by atoms with Gasteiger partial charge in [0.15, 0.2) is 10.2 Å². The Hall–Kier alpha value is -3.43. The van der Waals surface area contributed by atoms with Crippen LogP contribution >= 0.6 is 23.1 Å². The van der Waals surface area contributed by atoms with Crippen molar-refractivity contribution < 1.29 is 9.90 Å². The van der Waals surface area contributed by atoms with E-state index in [1.54, 1.807) is 18.2 Å². The van der Waals surface area contributed by atoms with Crippen molar-refractivity contribution in [2.45, 2.75) is 30.3 Å². The molecule has 2 N–H and O–H groups in total. The highest BCUT2D eigenvalue weighted by Crippen LogP contribution is 2.37. The molecule has 0 saturated carbocycles. The van der Waals surface area contributed by atoms with E-state index >= 15 is 0 Å².